The van der Waals surface area contributed by atoms with Crippen molar-refractivity contribution in [3.8, 4) is 5.75 Å². The Hall–Kier alpha value is -1.40. The van der Waals surface area contributed by atoms with Crippen LogP contribution in [0.5, 0.6) is 5.75 Å². The maximum absolute atomic E-state index is 12.4. The van der Waals surface area contributed by atoms with Crippen LogP contribution in [0.2, 0.25) is 0 Å². The molecule has 2 atom stereocenters. The first kappa shape index (κ1) is 17.7. The first-order valence-electron chi connectivity index (χ1n) is 6.62. The topological polar surface area (TPSA) is 50.4 Å². The molecule has 0 spiro atoms. The minimum atomic E-state index is -2.88. The van der Waals surface area contributed by atoms with E-state index >= 15 is 0 Å². The van der Waals surface area contributed by atoms with Crippen molar-refractivity contribution >= 4 is 18.3 Å². The Labute approximate surface area is 128 Å². The van der Waals surface area contributed by atoms with Gasteiger partial charge in [-0.05, 0) is 26.0 Å². The number of amides is 1. The van der Waals surface area contributed by atoms with Crippen molar-refractivity contribution in [1.82, 2.24) is 10.6 Å². The van der Waals surface area contributed by atoms with Gasteiger partial charge in [-0.1, -0.05) is 18.2 Å². The Morgan fingerprint density at radius 3 is 2.76 bits per heavy atom. The molecule has 2 N–H and O–H groups in total. The van der Waals surface area contributed by atoms with Crippen LogP contribution in [0.15, 0.2) is 24.3 Å². The van der Waals surface area contributed by atoms with Gasteiger partial charge in [0.1, 0.15) is 5.75 Å². The van der Waals surface area contributed by atoms with E-state index in [0.717, 1.165) is 13.0 Å². The average molecular weight is 321 g/mol. The number of halogens is 3. The quantitative estimate of drug-likeness (QED) is 0.876. The summed E-state index contributed by atoms with van der Waals surface area (Å²) in [4.78, 5) is 12.0. The highest BCUT2D eigenvalue weighted by atomic mass is 35.5. The second-order valence-electron chi connectivity index (χ2n) is 4.84. The highest BCUT2D eigenvalue weighted by molar-refractivity contribution is 5.85. The molecular weight excluding hydrogens is 302 g/mol. The standard InChI is InChI=1S/C14H18F2N2O2.ClH/c1-9(18-13(19)10-6-7-17-8-10)11-4-2-3-5-12(11)20-14(15)16;/h2-5,9-10,14,17H,6-8H2,1H3,(H,18,19);1H. The number of ether oxygens (including phenoxy) is 1. The van der Waals surface area contributed by atoms with Crippen LogP contribution in [0.25, 0.3) is 0 Å². The molecule has 1 aliphatic heterocycles. The third-order valence-corrected chi connectivity index (χ3v) is 3.39. The molecule has 1 aromatic rings. The molecule has 118 valence electrons. The second-order valence-corrected chi connectivity index (χ2v) is 4.84. The first-order chi connectivity index (χ1) is 9.58. The highest BCUT2D eigenvalue weighted by Crippen LogP contribution is 2.26. The fourth-order valence-electron chi connectivity index (χ4n) is 2.33. The summed E-state index contributed by atoms with van der Waals surface area (Å²) < 4.78 is 29.2. The highest BCUT2D eigenvalue weighted by Gasteiger charge is 2.24. The van der Waals surface area contributed by atoms with Crippen LogP contribution < -0.4 is 15.4 Å². The van der Waals surface area contributed by atoms with E-state index in [4.69, 9.17) is 0 Å². The molecule has 4 nitrogen and oxygen atoms in total. The van der Waals surface area contributed by atoms with Crippen molar-refractivity contribution in [3.05, 3.63) is 29.8 Å². The number of benzene rings is 1. The average Bonchev–Trinajstić information content (AvgIpc) is 2.92. The Morgan fingerprint density at radius 2 is 2.14 bits per heavy atom. The molecular formula is C14H19ClF2N2O2. The molecule has 1 fully saturated rings. The van der Waals surface area contributed by atoms with Gasteiger partial charge < -0.3 is 15.4 Å². The van der Waals surface area contributed by atoms with E-state index in [1.165, 1.54) is 6.07 Å². The number of alkyl halides is 2. The van der Waals surface area contributed by atoms with Gasteiger partial charge in [0.15, 0.2) is 0 Å². The van der Waals surface area contributed by atoms with Gasteiger partial charge in [-0.2, -0.15) is 8.78 Å². The summed E-state index contributed by atoms with van der Waals surface area (Å²) in [7, 11) is 0. The minimum Gasteiger partial charge on any atom is -0.434 e. The summed E-state index contributed by atoms with van der Waals surface area (Å²) in [6.07, 6.45) is 0.799. The summed E-state index contributed by atoms with van der Waals surface area (Å²) in [5.74, 6) is -0.0187. The number of hydrogen-bond donors (Lipinski definition) is 2. The lowest BCUT2D eigenvalue weighted by atomic mass is 10.0. The lowest BCUT2D eigenvalue weighted by Crippen LogP contribution is -2.34. The number of carbonyl (C=O) groups is 1. The molecule has 2 unspecified atom stereocenters. The van der Waals surface area contributed by atoms with Crippen LogP contribution in [0.1, 0.15) is 24.9 Å². The molecule has 1 aromatic carbocycles. The molecule has 1 amide bonds. The lowest BCUT2D eigenvalue weighted by Gasteiger charge is -2.19. The van der Waals surface area contributed by atoms with E-state index in [0.29, 0.717) is 12.1 Å². The van der Waals surface area contributed by atoms with Gasteiger partial charge >= 0.3 is 6.61 Å². The van der Waals surface area contributed by atoms with Crippen LogP contribution in [0, 0.1) is 5.92 Å². The fraction of sp³-hybridized carbons (Fsp3) is 0.500. The Morgan fingerprint density at radius 1 is 1.43 bits per heavy atom. The molecule has 7 heteroatoms. The van der Waals surface area contributed by atoms with E-state index in [2.05, 4.69) is 15.4 Å². The smallest absolute Gasteiger partial charge is 0.387 e. The van der Waals surface area contributed by atoms with E-state index in [1.54, 1.807) is 25.1 Å². The largest absolute Gasteiger partial charge is 0.434 e. The molecule has 0 aromatic heterocycles. The summed E-state index contributed by atoms with van der Waals surface area (Å²) in [6.45, 7) is 0.372. The summed E-state index contributed by atoms with van der Waals surface area (Å²) in [5, 5.41) is 5.97. The molecule has 21 heavy (non-hydrogen) atoms. The van der Waals surface area contributed by atoms with Crippen molar-refractivity contribution in [1.29, 1.82) is 0 Å². The molecule has 0 bridgehead atoms. The number of para-hydroxylation sites is 1. The van der Waals surface area contributed by atoms with E-state index in [1.807, 2.05) is 0 Å². The molecule has 1 aliphatic rings. The van der Waals surface area contributed by atoms with E-state index in [-0.39, 0.29) is 36.0 Å². The van der Waals surface area contributed by atoms with Crippen LogP contribution in [-0.4, -0.2) is 25.6 Å². The van der Waals surface area contributed by atoms with Crippen molar-refractivity contribution in [3.63, 3.8) is 0 Å². The number of hydrogen-bond acceptors (Lipinski definition) is 3. The number of nitrogens with one attached hydrogen (secondary N) is 2. The van der Waals surface area contributed by atoms with Gasteiger partial charge in [-0.3, -0.25) is 4.79 Å². The molecule has 1 saturated heterocycles. The van der Waals surface area contributed by atoms with Crippen molar-refractivity contribution in [2.75, 3.05) is 13.1 Å². The van der Waals surface area contributed by atoms with Crippen molar-refractivity contribution < 1.29 is 18.3 Å². The molecule has 0 saturated carbocycles. The van der Waals surface area contributed by atoms with Gasteiger partial charge in [0.25, 0.3) is 0 Å². The summed E-state index contributed by atoms with van der Waals surface area (Å²) in [6, 6.07) is 6.12. The third-order valence-electron chi connectivity index (χ3n) is 3.39. The van der Waals surface area contributed by atoms with Crippen LogP contribution in [0.3, 0.4) is 0 Å². The van der Waals surface area contributed by atoms with E-state index in [9.17, 15) is 13.6 Å². The molecule has 0 radical (unpaired) electrons. The van der Waals surface area contributed by atoms with Crippen molar-refractivity contribution in [2.24, 2.45) is 5.92 Å². The predicted octanol–water partition coefficient (Wildman–Crippen LogP) is 2.50. The van der Waals surface area contributed by atoms with Gasteiger partial charge in [0, 0.05) is 12.1 Å². The monoisotopic (exact) mass is 320 g/mol. The van der Waals surface area contributed by atoms with Crippen LogP contribution in [-0.2, 0) is 4.79 Å². The first-order valence-corrected chi connectivity index (χ1v) is 6.62. The van der Waals surface area contributed by atoms with Gasteiger partial charge in [-0.25, -0.2) is 0 Å². The van der Waals surface area contributed by atoms with Gasteiger partial charge in [0.05, 0.1) is 12.0 Å². The summed E-state index contributed by atoms with van der Waals surface area (Å²) >= 11 is 0. The number of rotatable bonds is 5. The summed E-state index contributed by atoms with van der Waals surface area (Å²) in [5.41, 5.74) is 0.548. The van der Waals surface area contributed by atoms with Crippen molar-refractivity contribution in [2.45, 2.75) is 26.0 Å². The second kappa shape index (κ2) is 8.14. The molecule has 0 aliphatic carbocycles. The van der Waals surface area contributed by atoms with Gasteiger partial charge in [-0.15, -0.1) is 12.4 Å². The zero-order chi connectivity index (χ0) is 14.5. The maximum atomic E-state index is 12.4. The zero-order valence-electron chi connectivity index (χ0n) is 11.6. The SMILES string of the molecule is CC(NC(=O)C1CCNC1)c1ccccc1OC(F)F.Cl. The third kappa shape index (κ3) is 4.82. The number of carbonyl (C=O) groups excluding carboxylic acids is 1. The fourth-order valence-corrected chi connectivity index (χ4v) is 2.33. The molecule has 1 heterocycles. The minimum absolute atomic E-state index is 0. The molecule has 2 rings (SSSR count). The predicted molar refractivity (Wildman–Crippen MR) is 77.9 cm³/mol. The zero-order valence-corrected chi connectivity index (χ0v) is 12.5. The normalized spacial score (nSPS) is 19.0. The lowest BCUT2D eigenvalue weighted by molar-refractivity contribution is -0.125. The van der Waals surface area contributed by atoms with Crippen LogP contribution in [0.4, 0.5) is 8.78 Å². The Bertz CT molecular complexity index is 468. The Kier molecular flexibility index (Phi) is 6.84. The Balaban J connectivity index is 0.00000220. The maximum Gasteiger partial charge on any atom is 0.387 e. The van der Waals surface area contributed by atoms with Crippen LogP contribution >= 0.6 is 12.4 Å². The van der Waals surface area contributed by atoms with Gasteiger partial charge in [0.2, 0.25) is 5.91 Å². The van der Waals surface area contributed by atoms with E-state index < -0.39 is 6.61 Å².